The van der Waals surface area contributed by atoms with Gasteiger partial charge in [-0.3, -0.25) is 4.98 Å². The number of pyridine rings is 1. The molecule has 11 heavy (non-hydrogen) atoms. The van der Waals surface area contributed by atoms with Crippen LogP contribution in [0.5, 0.6) is 0 Å². The fourth-order valence-corrected chi connectivity index (χ4v) is 0.679. The first-order valence-electron chi connectivity index (χ1n) is 4.11. The molecule has 62 valence electrons. The molecule has 0 saturated carbocycles. The third kappa shape index (κ3) is 5.59. The second kappa shape index (κ2) is 5.90. The lowest BCUT2D eigenvalue weighted by Gasteiger charge is -1.90. The first-order valence-corrected chi connectivity index (χ1v) is 4.11. The van der Waals surface area contributed by atoms with E-state index in [1.165, 1.54) is 6.42 Å². The molecule has 0 saturated heterocycles. The van der Waals surface area contributed by atoms with Crippen molar-refractivity contribution in [2.75, 3.05) is 0 Å². The molecular formula is C10H17N. The molecule has 1 aromatic heterocycles. The Morgan fingerprint density at radius 1 is 1.09 bits per heavy atom. The van der Waals surface area contributed by atoms with E-state index in [1.807, 2.05) is 32.0 Å². The number of hydrogen-bond donors (Lipinski definition) is 0. The van der Waals surface area contributed by atoms with E-state index in [4.69, 9.17) is 0 Å². The van der Waals surface area contributed by atoms with Gasteiger partial charge in [0, 0.05) is 11.4 Å². The van der Waals surface area contributed by atoms with E-state index in [2.05, 4.69) is 18.8 Å². The van der Waals surface area contributed by atoms with E-state index >= 15 is 0 Å². The fourth-order valence-electron chi connectivity index (χ4n) is 0.679. The lowest BCUT2D eigenvalue weighted by Crippen LogP contribution is -1.81. The highest BCUT2D eigenvalue weighted by Crippen LogP contribution is 1.93. The van der Waals surface area contributed by atoms with Crippen LogP contribution in [0.1, 0.15) is 31.7 Å². The number of rotatable bonds is 0. The van der Waals surface area contributed by atoms with Gasteiger partial charge in [0.15, 0.2) is 0 Å². The fraction of sp³-hybridized carbons (Fsp3) is 0.500. The average molecular weight is 151 g/mol. The van der Waals surface area contributed by atoms with Crippen molar-refractivity contribution < 1.29 is 0 Å². The van der Waals surface area contributed by atoms with Gasteiger partial charge in [0.25, 0.3) is 0 Å². The molecule has 0 aliphatic rings. The molecule has 0 spiro atoms. The summed E-state index contributed by atoms with van der Waals surface area (Å²) in [6.07, 6.45) is 1.25. The molecule has 1 heterocycles. The number of nitrogens with zero attached hydrogens (tertiary/aromatic N) is 1. The van der Waals surface area contributed by atoms with Crippen molar-refractivity contribution in [1.82, 2.24) is 4.98 Å². The second-order valence-electron chi connectivity index (χ2n) is 2.63. The minimum absolute atomic E-state index is 1.09. The zero-order valence-electron chi connectivity index (χ0n) is 7.89. The first kappa shape index (κ1) is 10.2. The Bertz CT molecular complexity index is 177. The Labute approximate surface area is 69.5 Å². The molecule has 0 bridgehead atoms. The average Bonchev–Trinajstić information content (AvgIpc) is 1.88. The Morgan fingerprint density at radius 3 is 1.64 bits per heavy atom. The second-order valence-corrected chi connectivity index (χ2v) is 2.63. The topological polar surface area (TPSA) is 12.9 Å². The van der Waals surface area contributed by atoms with E-state index < -0.39 is 0 Å². The van der Waals surface area contributed by atoms with Crippen molar-refractivity contribution in [3.05, 3.63) is 29.6 Å². The molecule has 0 radical (unpaired) electrons. The van der Waals surface area contributed by atoms with Crippen molar-refractivity contribution >= 4 is 0 Å². The molecule has 0 fully saturated rings. The lowest BCUT2D eigenvalue weighted by molar-refractivity contribution is 1.09. The molecule has 1 aromatic rings. The maximum absolute atomic E-state index is 4.17. The number of aryl methyl sites for hydroxylation is 2. The molecule has 0 unspecified atom stereocenters. The van der Waals surface area contributed by atoms with Crippen LogP contribution in [0.4, 0.5) is 0 Å². The molecule has 0 amide bonds. The maximum Gasteiger partial charge on any atom is 0.0375 e. The Hall–Kier alpha value is -0.850. The zero-order valence-corrected chi connectivity index (χ0v) is 7.89. The summed E-state index contributed by atoms with van der Waals surface area (Å²) in [5.74, 6) is 0. The highest BCUT2D eigenvalue weighted by Gasteiger charge is 1.82. The minimum Gasteiger partial charge on any atom is -0.258 e. The third-order valence-electron chi connectivity index (χ3n) is 1.03. The highest BCUT2D eigenvalue weighted by atomic mass is 14.7. The van der Waals surface area contributed by atoms with Gasteiger partial charge in [-0.1, -0.05) is 26.3 Å². The summed E-state index contributed by atoms with van der Waals surface area (Å²) in [7, 11) is 0. The summed E-state index contributed by atoms with van der Waals surface area (Å²) < 4.78 is 0. The molecule has 0 N–H and O–H groups in total. The summed E-state index contributed by atoms with van der Waals surface area (Å²) >= 11 is 0. The summed E-state index contributed by atoms with van der Waals surface area (Å²) in [5, 5.41) is 0. The molecule has 1 heteroatoms. The SMILES string of the molecule is CCC.Cc1cccc(C)n1. The summed E-state index contributed by atoms with van der Waals surface area (Å²) in [6.45, 7) is 8.24. The van der Waals surface area contributed by atoms with Gasteiger partial charge in [0.1, 0.15) is 0 Å². The highest BCUT2D eigenvalue weighted by molar-refractivity contribution is 5.07. The predicted molar refractivity (Wildman–Crippen MR) is 49.7 cm³/mol. The van der Waals surface area contributed by atoms with Crippen LogP contribution in [0.15, 0.2) is 18.2 Å². The molecule has 0 aliphatic carbocycles. The summed E-state index contributed by atoms with van der Waals surface area (Å²) in [6, 6.07) is 6.00. The van der Waals surface area contributed by atoms with Crippen LogP contribution in [-0.2, 0) is 0 Å². The molecular weight excluding hydrogens is 134 g/mol. The first-order chi connectivity index (χ1) is 5.20. The van der Waals surface area contributed by atoms with Gasteiger partial charge in [-0.15, -0.1) is 0 Å². The Balaban J connectivity index is 0.000000292. The van der Waals surface area contributed by atoms with Gasteiger partial charge in [-0.2, -0.15) is 0 Å². The van der Waals surface area contributed by atoms with Gasteiger partial charge < -0.3 is 0 Å². The van der Waals surface area contributed by atoms with E-state index in [0.717, 1.165) is 11.4 Å². The van der Waals surface area contributed by atoms with Crippen LogP contribution >= 0.6 is 0 Å². The van der Waals surface area contributed by atoms with Gasteiger partial charge in [0.05, 0.1) is 0 Å². The van der Waals surface area contributed by atoms with Crippen LogP contribution in [-0.4, -0.2) is 4.98 Å². The molecule has 0 aromatic carbocycles. The monoisotopic (exact) mass is 151 g/mol. The molecule has 1 nitrogen and oxygen atoms in total. The Kier molecular flexibility index (Phi) is 5.44. The van der Waals surface area contributed by atoms with Crippen molar-refractivity contribution in [3.63, 3.8) is 0 Å². The predicted octanol–water partition coefficient (Wildman–Crippen LogP) is 3.11. The van der Waals surface area contributed by atoms with Crippen molar-refractivity contribution in [2.24, 2.45) is 0 Å². The van der Waals surface area contributed by atoms with E-state index in [9.17, 15) is 0 Å². The normalized spacial score (nSPS) is 8.36. The van der Waals surface area contributed by atoms with Crippen LogP contribution in [0.3, 0.4) is 0 Å². The van der Waals surface area contributed by atoms with E-state index in [1.54, 1.807) is 0 Å². The van der Waals surface area contributed by atoms with Gasteiger partial charge >= 0.3 is 0 Å². The van der Waals surface area contributed by atoms with Crippen LogP contribution < -0.4 is 0 Å². The molecule has 1 rings (SSSR count). The quantitative estimate of drug-likeness (QED) is 0.555. The molecule has 0 aliphatic heterocycles. The van der Waals surface area contributed by atoms with Crippen LogP contribution in [0.2, 0.25) is 0 Å². The largest absolute Gasteiger partial charge is 0.258 e. The van der Waals surface area contributed by atoms with Crippen molar-refractivity contribution in [3.8, 4) is 0 Å². The Morgan fingerprint density at radius 2 is 1.45 bits per heavy atom. The van der Waals surface area contributed by atoms with Gasteiger partial charge in [0.2, 0.25) is 0 Å². The van der Waals surface area contributed by atoms with Gasteiger partial charge in [-0.05, 0) is 26.0 Å². The number of hydrogen-bond acceptors (Lipinski definition) is 1. The smallest absolute Gasteiger partial charge is 0.0375 e. The van der Waals surface area contributed by atoms with Crippen LogP contribution in [0, 0.1) is 13.8 Å². The van der Waals surface area contributed by atoms with E-state index in [0.29, 0.717) is 0 Å². The van der Waals surface area contributed by atoms with Crippen LogP contribution in [0.25, 0.3) is 0 Å². The standard InChI is InChI=1S/C7H9N.C3H8/c1-6-4-3-5-7(2)8-6;1-3-2/h3-5H,1-2H3;3H2,1-2H3. The number of aromatic nitrogens is 1. The van der Waals surface area contributed by atoms with Crippen molar-refractivity contribution in [2.45, 2.75) is 34.1 Å². The van der Waals surface area contributed by atoms with Crippen molar-refractivity contribution in [1.29, 1.82) is 0 Å². The lowest BCUT2D eigenvalue weighted by atomic mass is 10.3. The van der Waals surface area contributed by atoms with E-state index in [-0.39, 0.29) is 0 Å². The summed E-state index contributed by atoms with van der Waals surface area (Å²) in [5.41, 5.74) is 2.18. The summed E-state index contributed by atoms with van der Waals surface area (Å²) in [4.78, 5) is 4.17. The molecule has 0 atom stereocenters. The van der Waals surface area contributed by atoms with Gasteiger partial charge in [-0.25, -0.2) is 0 Å². The third-order valence-corrected chi connectivity index (χ3v) is 1.03. The maximum atomic E-state index is 4.17. The minimum atomic E-state index is 1.09. The zero-order chi connectivity index (χ0) is 8.69.